The lowest BCUT2D eigenvalue weighted by Crippen LogP contribution is -2.29. The molecule has 4 N–H and O–H groups in total. The summed E-state index contributed by atoms with van der Waals surface area (Å²) < 4.78 is 32.7. The van der Waals surface area contributed by atoms with Crippen molar-refractivity contribution < 1.29 is 52.9 Å². The summed E-state index contributed by atoms with van der Waals surface area (Å²) in [5.74, 6) is -0.172. The van der Waals surface area contributed by atoms with Crippen molar-refractivity contribution >= 4 is 19.8 Å². The highest BCUT2D eigenvalue weighted by atomic mass is 31.2. The first kappa shape index (κ1) is 59.9. The van der Waals surface area contributed by atoms with Crippen LogP contribution in [0.25, 0.3) is 0 Å². The first-order valence-electron chi connectivity index (χ1n) is 24.6. The maximum atomic E-state index is 12.6. The number of phosphoric ester groups is 1. The Kier molecular flexibility index (Phi) is 42.6. The molecule has 0 bridgehead atoms. The molecule has 362 valence electrons. The molecule has 62 heavy (non-hydrogen) atoms. The van der Waals surface area contributed by atoms with Crippen molar-refractivity contribution in [1.29, 1.82) is 0 Å². The van der Waals surface area contributed by atoms with Crippen LogP contribution >= 0.6 is 7.82 Å². The van der Waals surface area contributed by atoms with Crippen molar-refractivity contribution in [3.8, 4) is 0 Å². The SMILES string of the molecule is CCCCC[C@H](O)/C=C/C=C\C/C=C\C/C=C\CCCC(=O)O[C@H](COC(=O)CCCCCCCCCCCCCCCCCCCCC(C)C)COP(=O)(O)OC[C@@H](O)CO. The number of esters is 2. The molecule has 0 aromatic heterocycles. The summed E-state index contributed by atoms with van der Waals surface area (Å²) in [6, 6.07) is 0. The maximum Gasteiger partial charge on any atom is 0.472 e. The molecule has 12 heteroatoms. The molecule has 0 aliphatic heterocycles. The molecule has 0 aliphatic carbocycles. The molecule has 0 aromatic carbocycles. The van der Waals surface area contributed by atoms with Crippen molar-refractivity contribution in [3.05, 3.63) is 48.6 Å². The van der Waals surface area contributed by atoms with Gasteiger partial charge in [-0.2, -0.15) is 0 Å². The molecule has 11 nitrogen and oxygen atoms in total. The first-order chi connectivity index (χ1) is 30.0. The van der Waals surface area contributed by atoms with Crippen molar-refractivity contribution in [2.75, 3.05) is 26.4 Å². The summed E-state index contributed by atoms with van der Waals surface area (Å²) in [5.41, 5.74) is 0. The van der Waals surface area contributed by atoms with Crippen LogP contribution < -0.4 is 0 Å². The highest BCUT2D eigenvalue weighted by Crippen LogP contribution is 2.43. The highest BCUT2D eigenvalue weighted by molar-refractivity contribution is 7.47. The van der Waals surface area contributed by atoms with Crippen LogP contribution in [-0.2, 0) is 32.7 Å². The van der Waals surface area contributed by atoms with Crippen LogP contribution in [0, 0.1) is 5.92 Å². The third-order valence-corrected chi connectivity index (χ3v) is 11.5. The largest absolute Gasteiger partial charge is 0.472 e. The monoisotopic (exact) mass is 899 g/mol. The topological polar surface area (TPSA) is 169 Å². The third-order valence-electron chi connectivity index (χ3n) is 10.5. The highest BCUT2D eigenvalue weighted by Gasteiger charge is 2.27. The number of carbonyl (C=O) groups excluding carboxylic acids is 2. The zero-order valence-electron chi connectivity index (χ0n) is 39.4. The Morgan fingerprint density at radius 1 is 0.581 bits per heavy atom. The Hall–Kier alpha value is -2.11. The number of unbranched alkanes of at least 4 members (excludes halogenated alkanes) is 20. The van der Waals surface area contributed by atoms with Crippen LogP contribution in [0.15, 0.2) is 48.6 Å². The van der Waals surface area contributed by atoms with Crippen molar-refractivity contribution in [2.24, 2.45) is 5.92 Å². The minimum Gasteiger partial charge on any atom is -0.462 e. The average Bonchev–Trinajstić information content (AvgIpc) is 3.24. The summed E-state index contributed by atoms with van der Waals surface area (Å²) in [6.45, 7) is 4.55. The number of aliphatic hydroxyl groups excluding tert-OH is 3. The van der Waals surface area contributed by atoms with Crippen molar-refractivity contribution in [3.63, 3.8) is 0 Å². The predicted molar refractivity (Wildman–Crippen MR) is 253 cm³/mol. The molecule has 0 aromatic rings. The second kappa shape index (κ2) is 44.1. The van der Waals surface area contributed by atoms with Crippen molar-refractivity contribution in [1.82, 2.24) is 0 Å². The number of hydrogen-bond acceptors (Lipinski definition) is 10. The van der Waals surface area contributed by atoms with Gasteiger partial charge in [-0.25, -0.2) is 4.57 Å². The fraction of sp³-hybridized carbons (Fsp3) is 0.800. The molecule has 0 amide bonds. The van der Waals surface area contributed by atoms with E-state index in [0.29, 0.717) is 19.3 Å². The normalized spacial score (nSPS) is 14.7. The van der Waals surface area contributed by atoms with Crippen LogP contribution in [-0.4, -0.2) is 76.9 Å². The van der Waals surface area contributed by atoms with Gasteiger partial charge in [0.25, 0.3) is 0 Å². The Bertz CT molecular complexity index is 1200. The lowest BCUT2D eigenvalue weighted by atomic mass is 10.0. The second-order valence-electron chi connectivity index (χ2n) is 17.2. The Morgan fingerprint density at radius 3 is 1.65 bits per heavy atom. The van der Waals surface area contributed by atoms with Gasteiger partial charge in [-0.05, 0) is 44.4 Å². The molecule has 0 aliphatic rings. The number of carbonyl (C=O) groups is 2. The number of allylic oxidation sites excluding steroid dienone is 7. The Morgan fingerprint density at radius 2 is 1.08 bits per heavy atom. The van der Waals surface area contributed by atoms with Gasteiger partial charge in [0.2, 0.25) is 0 Å². The second-order valence-corrected chi connectivity index (χ2v) is 18.6. The van der Waals surface area contributed by atoms with E-state index in [9.17, 15) is 29.3 Å². The zero-order chi connectivity index (χ0) is 45.8. The van der Waals surface area contributed by atoms with Gasteiger partial charge in [0.1, 0.15) is 12.7 Å². The van der Waals surface area contributed by atoms with E-state index in [1.807, 2.05) is 36.5 Å². The van der Waals surface area contributed by atoms with Gasteiger partial charge in [0, 0.05) is 12.8 Å². The molecule has 1 unspecified atom stereocenters. The fourth-order valence-electron chi connectivity index (χ4n) is 6.69. The van der Waals surface area contributed by atoms with Crippen LogP contribution in [0.1, 0.15) is 207 Å². The van der Waals surface area contributed by atoms with E-state index in [-0.39, 0.29) is 19.4 Å². The quantitative estimate of drug-likeness (QED) is 0.0151. The minimum atomic E-state index is -4.65. The Labute approximate surface area is 377 Å². The summed E-state index contributed by atoms with van der Waals surface area (Å²) in [7, 11) is -4.65. The zero-order valence-corrected chi connectivity index (χ0v) is 40.3. The van der Waals surface area contributed by atoms with E-state index < -0.39 is 57.9 Å². The van der Waals surface area contributed by atoms with Gasteiger partial charge in [-0.3, -0.25) is 18.6 Å². The molecule has 0 saturated carbocycles. The smallest absolute Gasteiger partial charge is 0.462 e. The summed E-state index contributed by atoms with van der Waals surface area (Å²) >= 11 is 0. The maximum absolute atomic E-state index is 12.6. The van der Waals surface area contributed by atoms with Crippen LogP contribution in [0.3, 0.4) is 0 Å². The van der Waals surface area contributed by atoms with E-state index in [0.717, 1.165) is 63.7 Å². The molecule has 0 heterocycles. The van der Waals surface area contributed by atoms with E-state index in [4.69, 9.17) is 19.1 Å². The van der Waals surface area contributed by atoms with E-state index >= 15 is 0 Å². The Balaban J connectivity index is 4.30. The first-order valence-corrected chi connectivity index (χ1v) is 26.1. The summed E-state index contributed by atoms with van der Waals surface area (Å²) in [4.78, 5) is 35.1. The minimum absolute atomic E-state index is 0.0885. The number of rotatable bonds is 45. The van der Waals surface area contributed by atoms with Crippen LogP contribution in [0.5, 0.6) is 0 Å². The fourth-order valence-corrected chi connectivity index (χ4v) is 7.48. The molecule has 0 rings (SSSR count). The molecule has 4 atom stereocenters. The van der Waals surface area contributed by atoms with E-state index in [1.54, 1.807) is 0 Å². The van der Waals surface area contributed by atoms with Gasteiger partial charge >= 0.3 is 19.8 Å². The number of phosphoric acid groups is 1. The van der Waals surface area contributed by atoms with Gasteiger partial charge in [0.05, 0.1) is 25.9 Å². The molecule has 0 spiro atoms. The van der Waals surface area contributed by atoms with Crippen LogP contribution in [0.2, 0.25) is 0 Å². The van der Waals surface area contributed by atoms with E-state index in [2.05, 4.69) is 37.4 Å². The summed E-state index contributed by atoms with van der Waals surface area (Å²) in [5, 5.41) is 28.3. The number of hydrogen-bond donors (Lipinski definition) is 4. The molecular weight excluding hydrogens is 808 g/mol. The number of ether oxygens (including phenoxy) is 2. The average molecular weight is 899 g/mol. The number of aliphatic hydroxyl groups is 3. The standard InChI is InChI=1S/C50H91O11P/c1-4-5-31-37-46(52)38-33-28-24-20-16-14-18-22-26-30-35-40-50(55)61-48(44-60-62(56,57)59-42-47(53)41-51)43-58-49(54)39-34-29-25-21-17-13-11-9-7-6-8-10-12-15-19-23-27-32-36-45(2)3/h14,16,22,24,26,28,33,38,45-48,51-53H,4-13,15,17-21,23,25,27,29-32,34-37,39-44H2,1-3H3,(H,56,57)/b16-14-,26-22-,28-24-,38-33+/t46-,47-,48+/m0/s1. The van der Waals surface area contributed by atoms with Crippen LogP contribution in [0.4, 0.5) is 0 Å². The molecule has 0 radical (unpaired) electrons. The van der Waals surface area contributed by atoms with Gasteiger partial charge in [0.15, 0.2) is 6.10 Å². The lowest BCUT2D eigenvalue weighted by Gasteiger charge is -2.20. The van der Waals surface area contributed by atoms with Gasteiger partial charge < -0.3 is 29.7 Å². The third kappa shape index (κ3) is 44.5. The van der Waals surface area contributed by atoms with Crippen molar-refractivity contribution in [2.45, 2.75) is 225 Å². The van der Waals surface area contributed by atoms with Gasteiger partial charge in [-0.1, -0.05) is 204 Å². The summed E-state index contributed by atoms with van der Waals surface area (Å²) in [6.07, 6.45) is 44.1. The lowest BCUT2D eigenvalue weighted by molar-refractivity contribution is -0.161. The van der Waals surface area contributed by atoms with Gasteiger partial charge in [-0.15, -0.1) is 0 Å². The molecular formula is C50H91O11P. The molecule has 0 fully saturated rings. The molecule has 0 saturated heterocycles. The predicted octanol–water partition coefficient (Wildman–Crippen LogP) is 12.5. The van der Waals surface area contributed by atoms with E-state index in [1.165, 1.54) is 96.3 Å².